The SMILES string of the molecule is CCOC(=O)c1cc(NC(=O)c2cccc(OC)c2)ccc1OC(C)(O)CNC(C)(C)C. The number of β-amino-alcohol motifs (C(OH)–C–C–N with tert-alkyl or cyclic N) is 1. The second kappa shape index (κ2) is 10.5. The molecule has 2 rings (SSSR count). The fraction of sp³-hybridized carbons (Fsp3) is 0.417. The molecular formula is C24H32N2O6. The van der Waals surface area contributed by atoms with Crippen molar-refractivity contribution in [3.63, 3.8) is 0 Å². The molecule has 1 amide bonds. The van der Waals surface area contributed by atoms with Gasteiger partial charge >= 0.3 is 5.97 Å². The third kappa shape index (κ3) is 7.55. The van der Waals surface area contributed by atoms with E-state index in [4.69, 9.17) is 14.2 Å². The van der Waals surface area contributed by atoms with Crippen LogP contribution in [0, 0.1) is 0 Å². The Morgan fingerprint density at radius 2 is 1.78 bits per heavy atom. The molecule has 0 aliphatic heterocycles. The number of nitrogens with one attached hydrogen (secondary N) is 2. The lowest BCUT2D eigenvalue weighted by Gasteiger charge is -2.30. The van der Waals surface area contributed by atoms with Crippen LogP contribution in [-0.4, -0.2) is 48.6 Å². The van der Waals surface area contributed by atoms with Crippen molar-refractivity contribution in [2.75, 3.05) is 25.6 Å². The van der Waals surface area contributed by atoms with Gasteiger partial charge in [0.2, 0.25) is 5.79 Å². The number of rotatable bonds is 9. The molecule has 2 aromatic carbocycles. The van der Waals surface area contributed by atoms with E-state index in [0.717, 1.165) is 0 Å². The average Bonchev–Trinajstić information content (AvgIpc) is 2.73. The van der Waals surface area contributed by atoms with Gasteiger partial charge in [0.1, 0.15) is 17.1 Å². The summed E-state index contributed by atoms with van der Waals surface area (Å²) in [6.45, 7) is 9.38. The second-order valence-electron chi connectivity index (χ2n) is 8.50. The van der Waals surface area contributed by atoms with Crippen LogP contribution in [0.25, 0.3) is 0 Å². The lowest BCUT2D eigenvalue weighted by molar-refractivity contribution is -0.121. The number of aliphatic hydroxyl groups is 1. The first-order valence-electron chi connectivity index (χ1n) is 10.4. The molecule has 0 aromatic heterocycles. The number of esters is 1. The quantitative estimate of drug-likeness (QED) is 0.401. The third-order valence-corrected chi connectivity index (χ3v) is 4.34. The van der Waals surface area contributed by atoms with Crippen LogP contribution >= 0.6 is 0 Å². The van der Waals surface area contributed by atoms with Crippen molar-refractivity contribution in [1.29, 1.82) is 0 Å². The van der Waals surface area contributed by atoms with Gasteiger partial charge in [0.15, 0.2) is 0 Å². The number of benzene rings is 2. The molecule has 0 aliphatic rings. The van der Waals surface area contributed by atoms with Gasteiger partial charge in [0.05, 0.1) is 20.3 Å². The number of ether oxygens (including phenoxy) is 3. The molecule has 2 aromatic rings. The lowest BCUT2D eigenvalue weighted by atomic mass is 10.1. The van der Waals surface area contributed by atoms with Crippen molar-refractivity contribution < 1.29 is 28.9 Å². The van der Waals surface area contributed by atoms with Crippen molar-refractivity contribution in [1.82, 2.24) is 5.32 Å². The van der Waals surface area contributed by atoms with E-state index in [0.29, 0.717) is 17.0 Å². The van der Waals surface area contributed by atoms with Crippen LogP contribution in [0.3, 0.4) is 0 Å². The van der Waals surface area contributed by atoms with Crippen LogP contribution in [0.5, 0.6) is 11.5 Å². The van der Waals surface area contributed by atoms with Crippen molar-refractivity contribution >= 4 is 17.6 Å². The van der Waals surface area contributed by atoms with E-state index in [1.54, 1.807) is 37.3 Å². The number of anilines is 1. The van der Waals surface area contributed by atoms with E-state index < -0.39 is 11.8 Å². The lowest BCUT2D eigenvalue weighted by Crippen LogP contribution is -2.49. The van der Waals surface area contributed by atoms with Gasteiger partial charge in [-0.25, -0.2) is 4.79 Å². The predicted molar refractivity (Wildman–Crippen MR) is 122 cm³/mol. The predicted octanol–water partition coefficient (Wildman–Crippen LogP) is 3.60. The van der Waals surface area contributed by atoms with Gasteiger partial charge in [-0.3, -0.25) is 4.79 Å². The molecule has 1 atom stereocenters. The minimum Gasteiger partial charge on any atom is -0.497 e. The van der Waals surface area contributed by atoms with Gasteiger partial charge in [-0.15, -0.1) is 0 Å². The van der Waals surface area contributed by atoms with Gasteiger partial charge in [-0.2, -0.15) is 0 Å². The van der Waals surface area contributed by atoms with Gasteiger partial charge in [0, 0.05) is 23.7 Å². The van der Waals surface area contributed by atoms with E-state index >= 15 is 0 Å². The molecule has 174 valence electrons. The summed E-state index contributed by atoms with van der Waals surface area (Å²) < 4.78 is 16.0. The first-order valence-corrected chi connectivity index (χ1v) is 10.4. The number of carbonyl (C=O) groups is 2. The van der Waals surface area contributed by atoms with Gasteiger partial charge in [0.25, 0.3) is 5.91 Å². The summed E-state index contributed by atoms with van der Waals surface area (Å²) >= 11 is 0. The Hall–Kier alpha value is -3.10. The number of hydrogen-bond donors (Lipinski definition) is 3. The van der Waals surface area contributed by atoms with E-state index in [9.17, 15) is 14.7 Å². The summed E-state index contributed by atoms with van der Waals surface area (Å²) in [7, 11) is 1.52. The summed E-state index contributed by atoms with van der Waals surface area (Å²) in [6, 6.07) is 11.3. The minimum atomic E-state index is -1.58. The highest BCUT2D eigenvalue weighted by Gasteiger charge is 2.28. The van der Waals surface area contributed by atoms with Crippen LogP contribution in [-0.2, 0) is 4.74 Å². The fourth-order valence-corrected chi connectivity index (χ4v) is 2.73. The summed E-state index contributed by atoms with van der Waals surface area (Å²) in [5, 5.41) is 16.6. The number of hydrogen-bond acceptors (Lipinski definition) is 7. The highest BCUT2D eigenvalue weighted by Crippen LogP contribution is 2.27. The normalized spacial score (nSPS) is 13.1. The first kappa shape index (κ1) is 25.2. The Kier molecular flexibility index (Phi) is 8.24. The van der Waals surface area contributed by atoms with E-state index in [1.807, 2.05) is 20.8 Å². The topological polar surface area (TPSA) is 106 Å². The Labute approximate surface area is 188 Å². The largest absolute Gasteiger partial charge is 0.497 e. The van der Waals surface area contributed by atoms with E-state index in [1.165, 1.54) is 26.2 Å². The maximum absolute atomic E-state index is 12.6. The summed E-state index contributed by atoms with van der Waals surface area (Å²) in [4.78, 5) is 25.2. The molecule has 3 N–H and O–H groups in total. The Bertz CT molecular complexity index is 950. The summed E-state index contributed by atoms with van der Waals surface area (Å²) in [6.07, 6.45) is 0. The first-order chi connectivity index (χ1) is 14.9. The fourth-order valence-electron chi connectivity index (χ4n) is 2.73. The standard InChI is InChI=1S/C24H32N2O6/c1-7-31-22(28)19-14-17(26-21(27)16-9-8-10-18(13-16)30-6)11-12-20(19)32-24(5,29)15-25-23(2,3)4/h8-14,25,29H,7,15H2,1-6H3,(H,26,27). The number of methoxy groups -OCH3 is 1. The highest BCUT2D eigenvalue weighted by molar-refractivity contribution is 6.05. The minimum absolute atomic E-state index is 0.0892. The van der Waals surface area contributed by atoms with E-state index in [-0.39, 0.29) is 35.9 Å². The average molecular weight is 445 g/mol. The summed E-state index contributed by atoms with van der Waals surface area (Å²) in [5.41, 5.74) is 0.636. The molecule has 0 fully saturated rings. The van der Waals surface area contributed by atoms with Crippen molar-refractivity contribution in [3.8, 4) is 11.5 Å². The molecule has 0 bridgehead atoms. The number of amides is 1. The molecule has 8 heteroatoms. The monoisotopic (exact) mass is 444 g/mol. The third-order valence-electron chi connectivity index (χ3n) is 4.34. The zero-order valence-electron chi connectivity index (χ0n) is 19.4. The van der Waals surface area contributed by atoms with Crippen molar-refractivity contribution in [2.24, 2.45) is 0 Å². The van der Waals surface area contributed by atoms with Gasteiger partial charge < -0.3 is 30.0 Å². The molecule has 8 nitrogen and oxygen atoms in total. The molecule has 32 heavy (non-hydrogen) atoms. The Morgan fingerprint density at radius 1 is 1.06 bits per heavy atom. The molecule has 0 radical (unpaired) electrons. The van der Waals surface area contributed by atoms with Gasteiger partial charge in [-0.1, -0.05) is 6.07 Å². The summed E-state index contributed by atoms with van der Waals surface area (Å²) in [5.74, 6) is -1.88. The van der Waals surface area contributed by atoms with Crippen LogP contribution in [0.1, 0.15) is 55.3 Å². The second-order valence-corrected chi connectivity index (χ2v) is 8.50. The van der Waals surface area contributed by atoms with Gasteiger partial charge in [-0.05, 0) is 64.1 Å². The maximum atomic E-state index is 12.6. The Morgan fingerprint density at radius 3 is 2.41 bits per heavy atom. The van der Waals surface area contributed by atoms with Crippen LogP contribution in [0.2, 0.25) is 0 Å². The maximum Gasteiger partial charge on any atom is 0.341 e. The van der Waals surface area contributed by atoms with Crippen LogP contribution in [0.4, 0.5) is 5.69 Å². The van der Waals surface area contributed by atoms with Crippen molar-refractivity contribution in [3.05, 3.63) is 53.6 Å². The zero-order valence-corrected chi connectivity index (χ0v) is 19.4. The molecule has 0 saturated heterocycles. The molecule has 0 heterocycles. The molecule has 0 saturated carbocycles. The van der Waals surface area contributed by atoms with Crippen LogP contribution < -0.4 is 20.1 Å². The molecular weight excluding hydrogens is 412 g/mol. The smallest absolute Gasteiger partial charge is 0.341 e. The molecule has 0 aliphatic carbocycles. The van der Waals surface area contributed by atoms with Crippen LogP contribution in [0.15, 0.2) is 42.5 Å². The number of carbonyl (C=O) groups excluding carboxylic acids is 2. The molecule has 1 unspecified atom stereocenters. The van der Waals surface area contributed by atoms with E-state index in [2.05, 4.69) is 10.6 Å². The Balaban J connectivity index is 2.27. The highest BCUT2D eigenvalue weighted by atomic mass is 16.6. The van der Waals surface area contributed by atoms with Crippen molar-refractivity contribution in [2.45, 2.75) is 45.9 Å². The zero-order chi connectivity index (χ0) is 23.9. The molecule has 0 spiro atoms.